The van der Waals surface area contributed by atoms with Gasteiger partial charge in [0.15, 0.2) is 5.13 Å². The highest BCUT2D eigenvalue weighted by atomic mass is 32.1. The number of nitrogens with zero attached hydrogens (tertiary/aromatic N) is 2. The Morgan fingerprint density at radius 1 is 1.47 bits per heavy atom. The maximum absolute atomic E-state index is 12.2. The molecular formula is C12H18N4O2S. The lowest BCUT2D eigenvalue weighted by atomic mass is 10.3. The second kappa shape index (κ2) is 6.63. The number of thiazole rings is 1. The lowest BCUT2D eigenvalue weighted by molar-refractivity contribution is -0.116. The average Bonchev–Trinajstić information content (AvgIpc) is 2.87. The molecule has 1 aliphatic heterocycles. The van der Waals surface area contributed by atoms with Gasteiger partial charge in [0.1, 0.15) is 5.69 Å². The van der Waals surface area contributed by atoms with Crippen LogP contribution in [0, 0.1) is 0 Å². The Hall–Kier alpha value is -1.47. The van der Waals surface area contributed by atoms with Crippen molar-refractivity contribution in [1.82, 2.24) is 15.2 Å². The first-order valence-electron chi connectivity index (χ1n) is 6.46. The zero-order chi connectivity index (χ0) is 13.7. The molecule has 104 valence electrons. The highest BCUT2D eigenvalue weighted by molar-refractivity contribution is 7.14. The Balaban J connectivity index is 1.95. The highest BCUT2D eigenvalue weighted by Gasteiger charge is 2.20. The molecule has 1 aromatic rings. The minimum absolute atomic E-state index is 0.0574. The molecule has 0 aromatic carbocycles. The Morgan fingerprint density at radius 2 is 2.21 bits per heavy atom. The maximum Gasteiger partial charge on any atom is 0.273 e. The van der Waals surface area contributed by atoms with Crippen LogP contribution in [-0.4, -0.2) is 47.9 Å². The molecule has 0 bridgehead atoms. The first kappa shape index (κ1) is 14.0. The summed E-state index contributed by atoms with van der Waals surface area (Å²) in [5.41, 5.74) is 0.415. The van der Waals surface area contributed by atoms with Crippen molar-refractivity contribution in [3.63, 3.8) is 0 Å². The molecule has 0 aliphatic carbocycles. The highest BCUT2D eigenvalue weighted by Crippen LogP contribution is 2.17. The molecular weight excluding hydrogens is 264 g/mol. The lowest BCUT2D eigenvalue weighted by Crippen LogP contribution is -2.46. The number of hydrogen-bond acceptors (Lipinski definition) is 5. The Labute approximate surface area is 116 Å². The third-order valence-electron chi connectivity index (χ3n) is 2.85. The first-order valence-corrected chi connectivity index (χ1v) is 7.34. The van der Waals surface area contributed by atoms with Gasteiger partial charge in [-0.05, 0) is 6.42 Å². The Morgan fingerprint density at radius 3 is 2.89 bits per heavy atom. The number of rotatable bonds is 4. The van der Waals surface area contributed by atoms with E-state index in [1.807, 2.05) is 6.92 Å². The molecule has 1 aromatic heterocycles. The maximum atomic E-state index is 12.2. The van der Waals surface area contributed by atoms with Crippen molar-refractivity contribution in [3.05, 3.63) is 11.1 Å². The van der Waals surface area contributed by atoms with Gasteiger partial charge in [-0.15, -0.1) is 11.3 Å². The largest absolute Gasteiger partial charge is 0.335 e. The van der Waals surface area contributed by atoms with Crippen LogP contribution in [0.3, 0.4) is 0 Å². The fourth-order valence-corrected chi connectivity index (χ4v) is 2.57. The summed E-state index contributed by atoms with van der Waals surface area (Å²) in [4.78, 5) is 29.6. The van der Waals surface area contributed by atoms with Crippen LogP contribution in [-0.2, 0) is 4.79 Å². The predicted octanol–water partition coefficient (Wildman–Crippen LogP) is 0.927. The zero-order valence-electron chi connectivity index (χ0n) is 10.9. The van der Waals surface area contributed by atoms with E-state index in [4.69, 9.17) is 0 Å². The van der Waals surface area contributed by atoms with Crippen LogP contribution >= 0.6 is 11.3 Å². The minimum atomic E-state index is -0.0614. The summed E-state index contributed by atoms with van der Waals surface area (Å²) in [6, 6.07) is 0. The molecule has 0 unspecified atom stereocenters. The molecule has 1 fully saturated rings. The average molecular weight is 282 g/mol. The molecule has 0 radical (unpaired) electrons. The van der Waals surface area contributed by atoms with Crippen molar-refractivity contribution < 1.29 is 9.59 Å². The standard InChI is InChI=1S/C12H18N4O2S/c1-2-3-10(17)15-12-14-9(8-19-12)11(18)16-6-4-13-5-7-16/h8,13H,2-7H2,1H3,(H,14,15,17). The molecule has 1 aliphatic rings. The van der Waals surface area contributed by atoms with Gasteiger partial charge >= 0.3 is 0 Å². The summed E-state index contributed by atoms with van der Waals surface area (Å²) < 4.78 is 0. The topological polar surface area (TPSA) is 74.3 Å². The van der Waals surface area contributed by atoms with E-state index in [1.165, 1.54) is 11.3 Å². The van der Waals surface area contributed by atoms with Crippen molar-refractivity contribution in [1.29, 1.82) is 0 Å². The quantitative estimate of drug-likeness (QED) is 0.861. The van der Waals surface area contributed by atoms with Crippen molar-refractivity contribution in [2.75, 3.05) is 31.5 Å². The van der Waals surface area contributed by atoms with Crippen LogP contribution in [0.2, 0.25) is 0 Å². The van der Waals surface area contributed by atoms with Gasteiger partial charge in [0, 0.05) is 38.0 Å². The number of hydrogen-bond donors (Lipinski definition) is 2. The van der Waals surface area contributed by atoms with Gasteiger partial charge in [-0.2, -0.15) is 0 Å². The van der Waals surface area contributed by atoms with Gasteiger partial charge in [0.05, 0.1) is 0 Å². The van der Waals surface area contributed by atoms with Crippen molar-refractivity contribution in [2.45, 2.75) is 19.8 Å². The lowest BCUT2D eigenvalue weighted by Gasteiger charge is -2.26. The van der Waals surface area contributed by atoms with E-state index in [2.05, 4.69) is 15.6 Å². The van der Waals surface area contributed by atoms with Gasteiger partial charge in [-0.3, -0.25) is 9.59 Å². The van der Waals surface area contributed by atoms with Crippen molar-refractivity contribution in [3.8, 4) is 0 Å². The monoisotopic (exact) mass is 282 g/mol. The van der Waals surface area contributed by atoms with E-state index in [-0.39, 0.29) is 11.8 Å². The molecule has 2 amide bonds. The normalized spacial score (nSPS) is 15.3. The molecule has 19 heavy (non-hydrogen) atoms. The van der Waals surface area contributed by atoms with Gasteiger partial charge in [-0.1, -0.05) is 6.92 Å². The SMILES string of the molecule is CCCC(=O)Nc1nc(C(=O)N2CCNCC2)cs1. The van der Waals surface area contributed by atoms with Gasteiger partial charge < -0.3 is 15.5 Å². The summed E-state index contributed by atoms with van der Waals surface area (Å²) in [5, 5.41) is 8.10. The number of anilines is 1. The van der Waals surface area contributed by atoms with Crippen molar-refractivity contribution >= 4 is 28.3 Å². The third-order valence-corrected chi connectivity index (χ3v) is 3.61. The fourth-order valence-electron chi connectivity index (χ4n) is 1.87. The summed E-state index contributed by atoms with van der Waals surface area (Å²) >= 11 is 1.29. The minimum Gasteiger partial charge on any atom is -0.335 e. The van der Waals surface area contributed by atoms with E-state index in [1.54, 1.807) is 10.3 Å². The molecule has 2 rings (SSSR count). The van der Waals surface area contributed by atoms with E-state index in [9.17, 15) is 9.59 Å². The van der Waals surface area contributed by atoms with E-state index in [0.717, 1.165) is 19.5 Å². The van der Waals surface area contributed by atoms with Crippen molar-refractivity contribution in [2.24, 2.45) is 0 Å². The van der Waals surface area contributed by atoms with Gasteiger partial charge in [0.2, 0.25) is 5.91 Å². The molecule has 2 heterocycles. The molecule has 6 nitrogen and oxygen atoms in total. The van der Waals surface area contributed by atoms with Gasteiger partial charge in [0.25, 0.3) is 5.91 Å². The zero-order valence-corrected chi connectivity index (χ0v) is 11.8. The third kappa shape index (κ3) is 3.74. The summed E-state index contributed by atoms with van der Waals surface area (Å²) in [6.45, 7) is 4.98. The molecule has 7 heteroatoms. The molecule has 1 saturated heterocycles. The smallest absolute Gasteiger partial charge is 0.273 e. The number of piperazine rings is 1. The Kier molecular flexibility index (Phi) is 4.86. The van der Waals surface area contributed by atoms with E-state index in [0.29, 0.717) is 30.3 Å². The van der Waals surface area contributed by atoms with Crippen LogP contribution < -0.4 is 10.6 Å². The van der Waals surface area contributed by atoms with E-state index >= 15 is 0 Å². The van der Waals surface area contributed by atoms with Crippen LogP contribution in [0.5, 0.6) is 0 Å². The van der Waals surface area contributed by atoms with Crippen LogP contribution in [0.25, 0.3) is 0 Å². The van der Waals surface area contributed by atoms with Gasteiger partial charge in [-0.25, -0.2) is 4.98 Å². The number of carbonyl (C=O) groups excluding carboxylic acids is 2. The number of nitrogens with one attached hydrogen (secondary N) is 2. The Bertz CT molecular complexity index is 454. The summed E-state index contributed by atoms with van der Waals surface area (Å²) in [5.74, 6) is -0.119. The predicted molar refractivity (Wildman–Crippen MR) is 74.4 cm³/mol. The van der Waals surface area contributed by atoms with Crippen LogP contribution in [0.4, 0.5) is 5.13 Å². The second-order valence-electron chi connectivity index (χ2n) is 4.38. The van der Waals surface area contributed by atoms with Crippen LogP contribution in [0.15, 0.2) is 5.38 Å². The number of aromatic nitrogens is 1. The molecule has 2 N–H and O–H groups in total. The van der Waals surface area contributed by atoms with Crippen LogP contribution in [0.1, 0.15) is 30.3 Å². The number of carbonyl (C=O) groups is 2. The van der Waals surface area contributed by atoms with E-state index < -0.39 is 0 Å². The summed E-state index contributed by atoms with van der Waals surface area (Å²) in [7, 11) is 0. The molecule has 0 saturated carbocycles. The fraction of sp³-hybridized carbons (Fsp3) is 0.583. The second-order valence-corrected chi connectivity index (χ2v) is 5.24. The number of amides is 2. The first-order chi connectivity index (χ1) is 9.20. The molecule has 0 spiro atoms. The summed E-state index contributed by atoms with van der Waals surface area (Å²) in [6.07, 6.45) is 1.27. The molecule has 0 atom stereocenters.